The predicted molar refractivity (Wildman–Crippen MR) is 118 cm³/mol. The van der Waals surface area contributed by atoms with Crippen molar-refractivity contribution in [3.05, 3.63) is 39.6 Å². The molecule has 2 aliphatic rings. The van der Waals surface area contributed by atoms with E-state index in [-0.39, 0.29) is 5.69 Å². The second kappa shape index (κ2) is 7.77. The number of nitrogens with zero attached hydrogens (tertiary/aromatic N) is 3. The van der Waals surface area contributed by atoms with Crippen LogP contribution in [0.4, 0.5) is 5.82 Å². The van der Waals surface area contributed by atoms with Gasteiger partial charge in [-0.2, -0.15) is 0 Å². The molecule has 5 nitrogen and oxygen atoms in total. The highest BCUT2D eigenvalue weighted by Gasteiger charge is 2.42. The van der Waals surface area contributed by atoms with Gasteiger partial charge in [-0.1, -0.05) is 55.1 Å². The minimum absolute atomic E-state index is 0.192. The van der Waals surface area contributed by atoms with E-state index in [2.05, 4.69) is 16.8 Å². The Labute approximate surface area is 181 Å². The van der Waals surface area contributed by atoms with Crippen LogP contribution < -0.4 is 10.6 Å². The average Bonchev–Trinajstić information content (AvgIpc) is 3.04. The molecule has 1 aromatic carbocycles. The maximum absolute atomic E-state index is 12.2. The van der Waals surface area contributed by atoms with Gasteiger partial charge in [-0.05, 0) is 43.6 Å². The van der Waals surface area contributed by atoms with Crippen LogP contribution in [0.5, 0.6) is 0 Å². The molecule has 1 spiro atoms. The topological polar surface area (TPSA) is 72.1 Å². The Kier molecular flexibility index (Phi) is 5.47. The van der Waals surface area contributed by atoms with Crippen molar-refractivity contribution in [2.45, 2.75) is 46.0 Å². The zero-order valence-corrected chi connectivity index (χ0v) is 18.4. The first-order valence-electron chi connectivity index (χ1n) is 10.2. The van der Waals surface area contributed by atoms with Crippen LogP contribution in [0.15, 0.2) is 18.2 Å². The number of carbonyl (C=O) groups excluding carboxylic acids is 1. The quantitative estimate of drug-likeness (QED) is 0.716. The van der Waals surface area contributed by atoms with Crippen molar-refractivity contribution in [3.8, 4) is 11.3 Å². The third-order valence-corrected chi connectivity index (χ3v) is 7.73. The fraction of sp³-hybridized carbons (Fsp3) is 0.500. The van der Waals surface area contributed by atoms with Crippen molar-refractivity contribution in [3.63, 3.8) is 0 Å². The summed E-state index contributed by atoms with van der Waals surface area (Å²) in [6.07, 6.45) is 6.19. The highest BCUT2D eigenvalue weighted by atomic mass is 35.5. The number of aromatic nitrogens is 2. The second-order valence-corrected chi connectivity index (χ2v) is 9.22. The molecule has 1 saturated heterocycles. The Hall–Kier alpha value is -1.85. The fourth-order valence-electron chi connectivity index (χ4n) is 5.05. The Balaban J connectivity index is 1.69. The van der Waals surface area contributed by atoms with Gasteiger partial charge in [0.05, 0.1) is 21.4 Å². The summed E-state index contributed by atoms with van der Waals surface area (Å²) in [5.41, 5.74) is 8.21. The second-order valence-electron chi connectivity index (χ2n) is 8.44. The van der Waals surface area contributed by atoms with Crippen molar-refractivity contribution in [1.82, 2.24) is 9.97 Å². The Morgan fingerprint density at radius 2 is 1.93 bits per heavy atom. The van der Waals surface area contributed by atoms with E-state index in [1.807, 2.05) is 13.0 Å². The lowest BCUT2D eigenvalue weighted by molar-refractivity contribution is 0.0995. The molecular formula is C22H26Cl2N4O. The summed E-state index contributed by atoms with van der Waals surface area (Å²) in [5.74, 6) is 0.763. The molecule has 1 saturated carbocycles. The number of amides is 1. The Morgan fingerprint density at radius 3 is 2.55 bits per heavy atom. The lowest BCUT2D eigenvalue weighted by Gasteiger charge is -2.43. The molecule has 2 N–H and O–H groups in total. The summed E-state index contributed by atoms with van der Waals surface area (Å²) in [4.78, 5) is 23.8. The number of primary amides is 1. The van der Waals surface area contributed by atoms with Gasteiger partial charge in [0.15, 0.2) is 11.5 Å². The van der Waals surface area contributed by atoms with E-state index in [4.69, 9.17) is 33.9 Å². The minimum Gasteiger partial charge on any atom is -0.364 e. The first kappa shape index (κ1) is 20.4. The van der Waals surface area contributed by atoms with E-state index in [1.54, 1.807) is 12.1 Å². The van der Waals surface area contributed by atoms with Crippen molar-refractivity contribution in [2.75, 3.05) is 18.0 Å². The number of benzene rings is 1. The first-order chi connectivity index (χ1) is 13.8. The van der Waals surface area contributed by atoms with Crippen molar-refractivity contribution < 1.29 is 4.79 Å². The molecule has 1 amide bonds. The van der Waals surface area contributed by atoms with E-state index in [1.165, 1.54) is 19.3 Å². The van der Waals surface area contributed by atoms with Crippen LogP contribution >= 0.6 is 23.2 Å². The fourth-order valence-corrected chi connectivity index (χ4v) is 5.44. The number of piperidine rings is 1. The van der Waals surface area contributed by atoms with Crippen LogP contribution in [-0.4, -0.2) is 29.0 Å². The van der Waals surface area contributed by atoms with Crippen molar-refractivity contribution in [2.24, 2.45) is 17.1 Å². The van der Waals surface area contributed by atoms with Crippen molar-refractivity contribution in [1.29, 1.82) is 0 Å². The standard InChI is InChI=1S/C22H26Cl2N4O/c1-13-5-4-8-22(13)9-11-28(12-10-22)21-19(20(25)29)27-18(14(2)26-21)15-6-3-7-16(23)17(15)24/h3,6-7,13H,4-5,8-12H2,1-2H3,(H2,25,29)/t13-/m1/s1. The molecular weight excluding hydrogens is 407 g/mol. The van der Waals surface area contributed by atoms with Gasteiger partial charge in [0.25, 0.3) is 5.91 Å². The first-order valence-corrected chi connectivity index (χ1v) is 11.0. The van der Waals surface area contributed by atoms with Gasteiger partial charge in [-0.25, -0.2) is 9.97 Å². The van der Waals surface area contributed by atoms with Gasteiger partial charge < -0.3 is 10.6 Å². The van der Waals surface area contributed by atoms with Crippen LogP contribution in [0.25, 0.3) is 11.3 Å². The lowest BCUT2D eigenvalue weighted by atomic mass is 9.71. The molecule has 1 aromatic heterocycles. The largest absolute Gasteiger partial charge is 0.364 e. The highest BCUT2D eigenvalue weighted by Crippen LogP contribution is 2.50. The maximum atomic E-state index is 12.2. The molecule has 4 rings (SSSR count). The molecule has 2 aromatic rings. The van der Waals surface area contributed by atoms with E-state index >= 15 is 0 Å². The number of aryl methyl sites for hydroxylation is 1. The van der Waals surface area contributed by atoms with Crippen LogP contribution in [0.1, 0.15) is 55.2 Å². The summed E-state index contributed by atoms with van der Waals surface area (Å²) >= 11 is 12.5. The van der Waals surface area contributed by atoms with Gasteiger partial charge in [-0.15, -0.1) is 0 Å². The number of nitrogens with two attached hydrogens (primary N) is 1. The summed E-state index contributed by atoms with van der Waals surface area (Å²) < 4.78 is 0. The summed E-state index contributed by atoms with van der Waals surface area (Å²) in [6, 6.07) is 5.34. The summed E-state index contributed by atoms with van der Waals surface area (Å²) in [6.45, 7) is 6.00. The molecule has 1 aliphatic heterocycles. The van der Waals surface area contributed by atoms with Crippen LogP contribution in [0.2, 0.25) is 10.0 Å². The van der Waals surface area contributed by atoms with Gasteiger partial charge in [0.2, 0.25) is 0 Å². The number of carbonyl (C=O) groups is 1. The van der Waals surface area contributed by atoms with E-state index in [9.17, 15) is 4.79 Å². The molecule has 0 unspecified atom stereocenters. The van der Waals surface area contributed by atoms with Crippen LogP contribution in [0, 0.1) is 18.3 Å². The number of hydrogen-bond donors (Lipinski definition) is 1. The molecule has 2 heterocycles. The normalized spacial score (nSPS) is 21.0. The Bertz CT molecular complexity index is 954. The molecule has 7 heteroatoms. The minimum atomic E-state index is -0.582. The lowest BCUT2D eigenvalue weighted by Crippen LogP contribution is -2.42. The molecule has 1 aliphatic carbocycles. The van der Waals surface area contributed by atoms with Gasteiger partial charge >= 0.3 is 0 Å². The SMILES string of the molecule is Cc1nc(N2CCC3(CCC[C@H]3C)CC2)c(C(N)=O)nc1-c1cccc(Cl)c1Cl. The maximum Gasteiger partial charge on any atom is 0.271 e. The third kappa shape index (κ3) is 3.59. The number of anilines is 1. The third-order valence-electron chi connectivity index (χ3n) is 6.91. The van der Waals surface area contributed by atoms with E-state index < -0.39 is 5.91 Å². The molecule has 0 radical (unpaired) electrons. The zero-order valence-electron chi connectivity index (χ0n) is 16.8. The van der Waals surface area contributed by atoms with Crippen LogP contribution in [0.3, 0.4) is 0 Å². The molecule has 1 atom stereocenters. The summed E-state index contributed by atoms with van der Waals surface area (Å²) in [7, 11) is 0. The Morgan fingerprint density at radius 1 is 1.21 bits per heavy atom. The number of hydrogen-bond acceptors (Lipinski definition) is 4. The predicted octanol–water partition coefficient (Wildman–Crippen LogP) is 5.26. The molecule has 0 bridgehead atoms. The smallest absolute Gasteiger partial charge is 0.271 e. The monoisotopic (exact) mass is 432 g/mol. The molecule has 29 heavy (non-hydrogen) atoms. The highest BCUT2D eigenvalue weighted by molar-refractivity contribution is 6.43. The van der Waals surface area contributed by atoms with Crippen molar-refractivity contribution >= 4 is 34.9 Å². The summed E-state index contributed by atoms with van der Waals surface area (Å²) in [5, 5.41) is 0.826. The molecule has 154 valence electrons. The number of rotatable bonds is 3. The van der Waals surface area contributed by atoms with Gasteiger partial charge in [0.1, 0.15) is 0 Å². The zero-order chi connectivity index (χ0) is 20.8. The van der Waals surface area contributed by atoms with Crippen LogP contribution in [-0.2, 0) is 0 Å². The number of halogens is 2. The molecule has 2 fully saturated rings. The van der Waals surface area contributed by atoms with E-state index in [0.717, 1.165) is 31.8 Å². The average molecular weight is 433 g/mol. The van der Waals surface area contributed by atoms with Gasteiger partial charge in [-0.3, -0.25) is 4.79 Å². The van der Waals surface area contributed by atoms with Gasteiger partial charge in [0, 0.05) is 18.7 Å². The van der Waals surface area contributed by atoms with E-state index in [0.29, 0.717) is 38.2 Å².